The normalized spacial score (nSPS) is 19.9. The van der Waals surface area contributed by atoms with Crippen LogP contribution in [0.1, 0.15) is 26.2 Å². The first-order valence-electron chi connectivity index (χ1n) is 6.26. The third kappa shape index (κ3) is 3.12. The van der Waals surface area contributed by atoms with Gasteiger partial charge in [0, 0.05) is 19.1 Å². The predicted molar refractivity (Wildman–Crippen MR) is 65.5 cm³/mol. The highest BCUT2D eigenvalue weighted by Crippen LogP contribution is 2.21. The van der Waals surface area contributed by atoms with Crippen LogP contribution in [0.5, 0.6) is 0 Å². The van der Waals surface area contributed by atoms with Gasteiger partial charge < -0.3 is 10.2 Å². The molecule has 17 heavy (non-hydrogen) atoms. The monoisotopic (exact) mass is 238 g/mol. The van der Waals surface area contributed by atoms with E-state index in [1.807, 2.05) is 0 Å². The molecule has 94 valence electrons. The van der Waals surface area contributed by atoms with Crippen LogP contribution in [0.4, 0.5) is 10.3 Å². The second-order valence-electron chi connectivity index (χ2n) is 4.39. The van der Waals surface area contributed by atoms with Crippen LogP contribution in [0.3, 0.4) is 0 Å². The van der Waals surface area contributed by atoms with Crippen molar-refractivity contribution in [3.63, 3.8) is 0 Å². The van der Waals surface area contributed by atoms with Gasteiger partial charge in [-0.1, -0.05) is 6.92 Å². The molecule has 0 aliphatic carbocycles. The molecule has 1 saturated heterocycles. The maximum absolute atomic E-state index is 12.8. The van der Waals surface area contributed by atoms with Crippen LogP contribution in [0.2, 0.25) is 0 Å². The first-order chi connectivity index (χ1) is 8.31. The van der Waals surface area contributed by atoms with Crippen LogP contribution in [-0.2, 0) is 0 Å². The number of aromatic nitrogens is 2. The Balaban J connectivity index is 1.96. The Bertz CT molecular complexity index is 341. The molecule has 1 aliphatic rings. The topological polar surface area (TPSA) is 41.0 Å². The second-order valence-corrected chi connectivity index (χ2v) is 4.39. The maximum Gasteiger partial charge on any atom is 0.225 e. The summed E-state index contributed by atoms with van der Waals surface area (Å²) in [4.78, 5) is 10.3. The van der Waals surface area contributed by atoms with E-state index in [9.17, 15) is 4.39 Å². The van der Waals surface area contributed by atoms with Gasteiger partial charge in [-0.15, -0.1) is 0 Å². The molecule has 1 atom stereocenters. The van der Waals surface area contributed by atoms with E-state index in [4.69, 9.17) is 0 Å². The van der Waals surface area contributed by atoms with E-state index in [0.717, 1.165) is 38.9 Å². The van der Waals surface area contributed by atoms with E-state index in [-0.39, 0.29) is 5.82 Å². The van der Waals surface area contributed by atoms with Crippen molar-refractivity contribution in [1.82, 2.24) is 15.3 Å². The van der Waals surface area contributed by atoms with Crippen LogP contribution < -0.4 is 10.2 Å². The SMILES string of the molecule is CCCNCC1CCCN1c1ncc(F)cn1. The van der Waals surface area contributed by atoms with Crippen LogP contribution in [0.15, 0.2) is 12.4 Å². The number of rotatable bonds is 5. The summed E-state index contributed by atoms with van der Waals surface area (Å²) in [6.45, 7) is 5.11. The molecule has 0 amide bonds. The first-order valence-corrected chi connectivity index (χ1v) is 6.26. The van der Waals surface area contributed by atoms with Crippen molar-refractivity contribution in [2.45, 2.75) is 32.2 Å². The molecule has 1 fully saturated rings. The zero-order valence-corrected chi connectivity index (χ0v) is 10.2. The number of nitrogens with one attached hydrogen (secondary N) is 1. The lowest BCUT2D eigenvalue weighted by Gasteiger charge is -2.24. The molecule has 1 aliphatic heterocycles. The Labute approximate surface area is 101 Å². The van der Waals surface area contributed by atoms with Gasteiger partial charge in [0.1, 0.15) is 0 Å². The summed E-state index contributed by atoms with van der Waals surface area (Å²) in [6.07, 6.45) is 5.91. The van der Waals surface area contributed by atoms with E-state index in [0.29, 0.717) is 12.0 Å². The number of hydrogen-bond acceptors (Lipinski definition) is 4. The van der Waals surface area contributed by atoms with Gasteiger partial charge in [0.25, 0.3) is 0 Å². The molecular weight excluding hydrogens is 219 g/mol. The highest BCUT2D eigenvalue weighted by atomic mass is 19.1. The summed E-state index contributed by atoms with van der Waals surface area (Å²) < 4.78 is 12.8. The largest absolute Gasteiger partial charge is 0.337 e. The van der Waals surface area contributed by atoms with Crippen LogP contribution in [0, 0.1) is 5.82 Å². The molecule has 0 bridgehead atoms. The highest BCUT2D eigenvalue weighted by molar-refractivity contribution is 5.32. The molecular formula is C12H19FN4. The molecule has 2 heterocycles. The minimum atomic E-state index is -0.381. The Morgan fingerprint density at radius 1 is 1.47 bits per heavy atom. The first kappa shape index (κ1) is 12.2. The van der Waals surface area contributed by atoms with Gasteiger partial charge in [-0.05, 0) is 25.8 Å². The Morgan fingerprint density at radius 3 is 2.94 bits per heavy atom. The fourth-order valence-corrected chi connectivity index (χ4v) is 2.21. The number of anilines is 1. The zero-order chi connectivity index (χ0) is 12.1. The summed E-state index contributed by atoms with van der Waals surface area (Å²) in [5.74, 6) is 0.265. The van der Waals surface area contributed by atoms with Crippen LogP contribution >= 0.6 is 0 Å². The quantitative estimate of drug-likeness (QED) is 0.791. The van der Waals surface area contributed by atoms with Gasteiger partial charge >= 0.3 is 0 Å². The fourth-order valence-electron chi connectivity index (χ4n) is 2.21. The van der Waals surface area contributed by atoms with Gasteiger partial charge in [0.2, 0.25) is 5.95 Å². The molecule has 2 rings (SSSR count). The maximum atomic E-state index is 12.8. The number of hydrogen-bond donors (Lipinski definition) is 1. The Morgan fingerprint density at radius 2 is 2.24 bits per heavy atom. The smallest absolute Gasteiger partial charge is 0.225 e. The van der Waals surface area contributed by atoms with E-state index in [1.54, 1.807) is 0 Å². The van der Waals surface area contributed by atoms with Crippen molar-refractivity contribution in [2.75, 3.05) is 24.5 Å². The van der Waals surface area contributed by atoms with E-state index in [1.165, 1.54) is 12.4 Å². The molecule has 0 radical (unpaired) electrons. The Hall–Kier alpha value is -1.23. The molecule has 0 aromatic carbocycles. The summed E-state index contributed by atoms with van der Waals surface area (Å²) in [7, 11) is 0. The molecule has 1 aromatic rings. The summed E-state index contributed by atoms with van der Waals surface area (Å²) in [6, 6.07) is 0.437. The lowest BCUT2D eigenvalue weighted by atomic mass is 10.2. The zero-order valence-electron chi connectivity index (χ0n) is 10.2. The third-order valence-corrected chi connectivity index (χ3v) is 3.05. The standard InChI is InChI=1S/C12H19FN4/c1-2-5-14-9-11-4-3-6-17(11)12-15-7-10(13)8-16-12/h7-8,11,14H,2-6,9H2,1H3. The van der Waals surface area contributed by atoms with Gasteiger partial charge in [-0.2, -0.15) is 0 Å². The average Bonchev–Trinajstić information content (AvgIpc) is 2.79. The number of nitrogens with zero attached hydrogens (tertiary/aromatic N) is 3. The molecule has 0 spiro atoms. The van der Waals surface area contributed by atoms with Gasteiger partial charge in [-0.25, -0.2) is 14.4 Å². The fraction of sp³-hybridized carbons (Fsp3) is 0.667. The second kappa shape index (κ2) is 5.91. The molecule has 1 unspecified atom stereocenters. The van der Waals surface area contributed by atoms with Gasteiger partial charge in [-0.3, -0.25) is 0 Å². The molecule has 5 heteroatoms. The van der Waals surface area contributed by atoms with Crippen LogP contribution in [0.25, 0.3) is 0 Å². The third-order valence-electron chi connectivity index (χ3n) is 3.05. The molecule has 4 nitrogen and oxygen atoms in total. The lowest BCUT2D eigenvalue weighted by molar-refractivity contribution is 0.562. The van der Waals surface area contributed by atoms with E-state index in [2.05, 4.69) is 27.1 Å². The predicted octanol–water partition coefficient (Wildman–Crippen LogP) is 1.58. The van der Waals surface area contributed by atoms with Crippen molar-refractivity contribution in [1.29, 1.82) is 0 Å². The molecule has 1 aromatic heterocycles. The molecule has 0 saturated carbocycles. The van der Waals surface area contributed by atoms with E-state index < -0.39 is 0 Å². The van der Waals surface area contributed by atoms with Gasteiger partial charge in [0.15, 0.2) is 5.82 Å². The van der Waals surface area contributed by atoms with Crippen LogP contribution in [-0.4, -0.2) is 35.6 Å². The summed E-state index contributed by atoms with van der Waals surface area (Å²) in [5.41, 5.74) is 0. The lowest BCUT2D eigenvalue weighted by Crippen LogP contribution is -2.39. The van der Waals surface area contributed by atoms with Crippen molar-refractivity contribution >= 4 is 5.95 Å². The Kier molecular flexibility index (Phi) is 4.25. The van der Waals surface area contributed by atoms with Crippen molar-refractivity contribution < 1.29 is 4.39 Å². The van der Waals surface area contributed by atoms with Crippen molar-refractivity contribution in [3.8, 4) is 0 Å². The minimum absolute atomic E-state index is 0.381. The summed E-state index contributed by atoms with van der Waals surface area (Å²) in [5, 5.41) is 3.42. The highest BCUT2D eigenvalue weighted by Gasteiger charge is 2.25. The number of halogens is 1. The minimum Gasteiger partial charge on any atom is -0.337 e. The average molecular weight is 238 g/mol. The van der Waals surface area contributed by atoms with E-state index >= 15 is 0 Å². The molecule has 1 N–H and O–H groups in total. The summed E-state index contributed by atoms with van der Waals surface area (Å²) >= 11 is 0. The van der Waals surface area contributed by atoms with Crippen molar-refractivity contribution in [3.05, 3.63) is 18.2 Å². The van der Waals surface area contributed by atoms with Gasteiger partial charge in [0.05, 0.1) is 12.4 Å². The van der Waals surface area contributed by atoms with Crippen molar-refractivity contribution in [2.24, 2.45) is 0 Å².